The Kier molecular flexibility index (Phi) is 8.41. The molecule has 4 aromatic rings. The molecule has 0 radical (unpaired) electrons. The molecule has 2 heterocycles. The van der Waals surface area contributed by atoms with Crippen molar-refractivity contribution < 1.29 is 37.3 Å². The van der Waals surface area contributed by atoms with E-state index in [4.69, 9.17) is 19.3 Å². The van der Waals surface area contributed by atoms with Crippen LogP contribution in [0.25, 0.3) is 10.8 Å². The van der Waals surface area contributed by atoms with Crippen LogP contribution < -0.4 is 20.1 Å². The molecule has 12 heteroatoms. The minimum Gasteiger partial charge on any atom is -0.492 e. The first-order valence-electron chi connectivity index (χ1n) is 12.8. The second-order valence-electron chi connectivity index (χ2n) is 9.24. The number of morpholine rings is 1. The Morgan fingerprint density at radius 3 is 2.54 bits per heavy atom. The van der Waals surface area contributed by atoms with Crippen molar-refractivity contribution in [2.24, 2.45) is 0 Å². The van der Waals surface area contributed by atoms with Crippen molar-refractivity contribution in [3.8, 4) is 17.2 Å². The van der Waals surface area contributed by atoms with E-state index in [9.17, 15) is 18.0 Å². The van der Waals surface area contributed by atoms with Gasteiger partial charge in [0.05, 0.1) is 24.5 Å². The number of pyridine rings is 1. The Labute approximate surface area is 233 Å². The minimum absolute atomic E-state index is 0.0875. The lowest BCUT2D eigenvalue weighted by molar-refractivity contribution is -0.137. The molecule has 214 valence electrons. The lowest BCUT2D eigenvalue weighted by atomic mass is 10.1. The first-order valence-corrected chi connectivity index (χ1v) is 12.8. The number of fused-ring (bicyclic) bond motifs is 1. The number of alkyl halides is 3. The lowest BCUT2D eigenvalue weighted by Crippen LogP contribution is -2.38. The fourth-order valence-corrected chi connectivity index (χ4v) is 4.44. The normalized spacial score (nSPS) is 14.0. The second-order valence-corrected chi connectivity index (χ2v) is 9.24. The van der Waals surface area contributed by atoms with Crippen molar-refractivity contribution >= 4 is 34.1 Å². The van der Waals surface area contributed by atoms with Crippen LogP contribution in [0.5, 0.6) is 17.2 Å². The molecule has 41 heavy (non-hydrogen) atoms. The molecule has 9 nitrogen and oxygen atoms in total. The van der Waals surface area contributed by atoms with E-state index in [1.54, 1.807) is 48.5 Å². The number of nitrogens with one attached hydrogen (secondary N) is 2. The van der Waals surface area contributed by atoms with Crippen LogP contribution in [0.4, 0.5) is 35.2 Å². The van der Waals surface area contributed by atoms with Crippen molar-refractivity contribution in [2.45, 2.75) is 6.18 Å². The van der Waals surface area contributed by atoms with Crippen molar-refractivity contribution in [2.75, 3.05) is 50.1 Å². The molecular formula is C29H27F3N4O5. The molecule has 1 aliphatic heterocycles. The number of nitrogens with zero attached hydrogens (tertiary/aromatic N) is 2. The maximum atomic E-state index is 13.7. The van der Waals surface area contributed by atoms with Crippen LogP contribution in [-0.4, -0.2) is 60.5 Å². The van der Waals surface area contributed by atoms with E-state index in [1.165, 1.54) is 12.3 Å². The number of benzene rings is 3. The Balaban J connectivity index is 1.34. The molecule has 5 rings (SSSR count). The van der Waals surface area contributed by atoms with E-state index in [0.29, 0.717) is 47.7 Å². The third kappa shape index (κ3) is 7.35. The average molecular weight is 569 g/mol. The molecule has 0 saturated carbocycles. The fraction of sp³-hybridized carbons (Fsp3) is 0.241. The van der Waals surface area contributed by atoms with Crippen LogP contribution in [0.3, 0.4) is 0 Å². The van der Waals surface area contributed by atoms with Gasteiger partial charge in [-0.3, -0.25) is 10.2 Å². The van der Waals surface area contributed by atoms with Gasteiger partial charge in [0.1, 0.15) is 29.7 Å². The van der Waals surface area contributed by atoms with E-state index in [1.807, 2.05) is 0 Å². The van der Waals surface area contributed by atoms with Gasteiger partial charge in [-0.15, -0.1) is 0 Å². The molecule has 3 N–H and O–H groups in total. The summed E-state index contributed by atoms with van der Waals surface area (Å²) in [6, 6.07) is 17.0. The fourth-order valence-electron chi connectivity index (χ4n) is 4.44. The summed E-state index contributed by atoms with van der Waals surface area (Å²) in [4.78, 5) is 17.5. The highest BCUT2D eigenvalue weighted by molar-refractivity contribution is 6.02. The summed E-state index contributed by atoms with van der Waals surface area (Å²) >= 11 is 0. The summed E-state index contributed by atoms with van der Waals surface area (Å²) in [5, 5.41) is 15.7. The first kappa shape index (κ1) is 28.0. The van der Waals surface area contributed by atoms with Gasteiger partial charge < -0.3 is 24.6 Å². The van der Waals surface area contributed by atoms with Gasteiger partial charge in [0.25, 0.3) is 0 Å². The zero-order chi connectivity index (χ0) is 28.8. The highest BCUT2D eigenvalue weighted by Crippen LogP contribution is 2.37. The van der Waals surface area contributed by atoms with E-state index in [0.717, 1.165) is 25.2 Å². The Hall–Kier alpha value is -4.55. The van der Waals surface area contributed by atoms with Gasteiger partial charge in [-0.05, 0) is 30.3 Å². The number of aromatic nitrogens is 1. The molecular weight excluding hydrogens is 541 g/mol. The van der Waals surface area contributed by atoms with E-state index < -0.39 is 17.8 Å². The van der Waals surface area contributed by atoms with Gasteiger partial charge >= 0.3 is 12.3 Å². The van der Waals surface area contributed by atoms with Crippen LogP contribution >= 0.6 is 0 Å². The van der Waals surface area contributed by atoms with Gasteiger partial charge in [0.2, 0.25) is 0 Å². The third-order valence-electron chi connectivity index (χ3n) is 6.37. The second kappa shape index (κ2) is 12.3. The van der Waals surface area contributed by atoms with E-state index in [-0.39, 0.29) is 23.9 Å². The Morgan fingerprint density at radius 2 is 1.78 bits per heavy atom. The standard InChI is InChI=1S/C29H27F3N4O5/c30-29(31,32)19-15-20(17-22(16-19)40-14-11-36-9-12-39-13-10-36)34-27-18-21(7-8-33-27)41-26-6-5-25(35-28(37)38)23-3-1-2-4-24(23)26/h1-8,15-18,35H,9-14H2,(H,33,34)(H,37,38). The zero-order valence-corrected chi connectivity index (χ0v) is 21.8. The largest absolute Gasteiger partial charge is 0.492 e. The Bertz CT molecular complexity index is 1530. The predicted octanol–water partition coefficient (Wildman–Crippen LogP) is 6.59. The number of carboxylic acid groups (broad SMARTS) is 1. The number of rotatable bonds is 9. The summed E-state index contributed by atoms with van der Waals surface area (Å²) < 4.78 is 58.0. The molecule has 0 aliphatic carbocycles. The number of hydrogen-bond acceptors (Lipinski definition) is 7. The van der Waals surface area contributed by atoms with Crippen LogP contribution in [-0.2, 0) is 10.9 Å². The molecule has 3 aromatic carbocycles. The quantitative estimate of drug-likeness (QED) is 0.208. The summed E-state index contributed by atoms with van der Waals surface area (Å²) in [5.41, 5.74) is -0.289. The summed E-state index contributed by atoms with van der Waals surface area (Å²) in [6.07, 6.45) is -4.29. The number of anilines is 3. The maximum Gasteiger partial charge on any atom is 0.416 e. The van der Waals surface area contributed by atoms with Crippen LogP contribution in [0.2, 0.25) is 0 Å². The topological polar surface area (TPSA) is 105 Å². The summed E-state index contributed by atoms with van der Waals surface area (Å²) in [5.74, 6) is 1.18. The number of halogens is 3. The Morgan fingerprint density at radius 1 is 1.00 bits per heavy atom. The van der Waals surface area contributed by atoms with Gasteiger partial charge in [-0.1, -0.05) is 24.3 Å². The molecule has 0 unspecified atom stereocenters. The van der Waals surface area contributed by atoms with Crippen molar-refractivity contribution in [3.05, 3.63) is 78.5 Å². The molecule has 1 fully saturated rings. The van der Waals surface area contributed by atoms with Crippen molar-refractivity contribution in [1.82, 2.24) is 9.88 Å². The molecule has 1 aromatic heterocycles. The SMILES string of the molecule is O=C(O)Nc1ccc(Oc2ccnc(Nc3cc(OCCN4CCOCC4)cc(C(F)(F)F)c3)c2)c2ccccc12. The number of carbonyl (C=O) groups is 1. The van der Waals surface area contributed by atoms with Gasteiger partial charge in [0, 0.05) is 54.4 Å². The van der Waals surface area contributed by atoms with Crippen LogP contribution in [0, 0.1) is 0 Å². The first-order chi connectivity index (χ1) is 19.7. The lowest BCUT2D eigenvalue weighted by Gasteiger charge is -2.26. The number of ether oxygens (including phenoxy) is 3. The third-order valence-corrected chi connectivity index (χ3v) is 6.37. The van der Waals surface area contributed by atoms with E-state index >= 15 is 0 Å². The average Bonchev–Trinajstić information content (AvgIpc) is 2.94. The molecule has 0 atom stereocenters. The van der Waals surface area contributed by atoms with Gasteiger partial charge in [-0.25, -0.2) is 9.78 Å². The molecule has 0 spiro atoms. The monoisotopic (exact) mass is 568 g/mol. The van der Waals surface area contributed by atoms with Crippen LogP contribution in [0.15, 0.2) is 72.9 Å². The van der Waals surface area contributed by atoms with Gasteiger partial charge in [-0.2, -0.15) is 13.2 Å². The van der Waals surface area contributed by atoms with Crippen molar-refractivity contribution in [3.63, 3.8) is 0 Å². The summed E-state index contributed by atoms with van der Waals surface area (Å²) in [6.45, 7) is 3.56. The molecule has 0 bridgehead atoms. The van der Waals surface area contributed by atoms with Crippen LogP contribution in [0.1, 0.15) is 5.56 Å². The minimum atomic E-state index is -4.57. The van der Waals surface area contributed by atoms with E-state index in [2.05, 4.69) is 20.5 Å². The maximum absolute atomic E-state index is 13.7. The number of hydrogen-bond donors (Lipinski definition) is 3. The molecule has 1 saturated heterocycles. The van der Waals surface area contributed by atoms with Gasteiger partial charge in [0.15, 0.2) is 0 Å². The summed E-state index contributed by atoms with van der Waals surface area (Å²) in [7, 11) is 0. The smallest absolute Gasteiger partial charge is 0.416 e. The molecule has 1 amide bonds. The highest BCUT2D eigenvalue weighted by atomic mass is 19.4. The number of amides is 1. The van der Waals surface area contributed by atoms with Crippen molar-refractivity contribution in [1.29, 1.82) is 0 Å². The zero-order valence-electron chi connectivity index (χ0n) is 21.8. The highest BCUT2D eigenvalue weighted by Gasteiger charge is 2.31. The predicted molar refractivity (Wildman–Crippen MR) is 147 cm³/mol. The molecule has 1 aliphatic rings.